The van der Waals surface area contributed by atoms with Gasteiger partial charge in [0.15, 0.2) is 0 Å². The van der Waals surface area contributed by atoms with Crippen LogP contribution in [-0.2, 0) is 10.0 Å². The van der Waals surface area contributed by atoms with E-state index in [1.54, 1.807) is 24.3 Å². The molecule has 20 heavy (non-hydrogen) atoms. The molecule has 0 amide bonds. The molecule has 1 aromatic rings. The smallest absolute Gasteiger partial charge is 0.242 e. The van der Waals surface area contributed by atoms with Gasteiger partial charge in [0, 0.05) is 6.54 Å². The number of benzene rings is 1. The zero-order valence-electron chi connectivity index (χ0n) is 12.0. The molecule has 3 N–H and O–H groups in total. The number of sulfonamides is 1. The van der Waals surface area contributed by atoms with Gasteiger partial charge in [-0.05, 0) is 36.8 Å². The Morgan fingerprint density at radius 2 is 1.75 bits per heavy atom. The van der Waals surface area contributed by atoms with Crippen LogP contribution in [0.5, 0.6) is 0 Å². The summed E-state index contributed by atoms with van der Waals surface area (Å²) in [6, 6.07) is 6.59. The molecule has 5 heteroatoms. The lowest BCUT2D eigenvalue weighted by Gasteiger charge is -2.27. The average Bonchev–Trinajstić information content (AvgIpc) is 2.46. The van der Waals surface area contributed by atoms with Crippen LogP contribution < -0.4 is 10.5 Å². The number of nitrogens with two attached hydrogens (primary N) is 1. The van der Waals surface area contributed by atoms with E-state index in [0.717, 1.165) is 18.8 Å². The van der Waals surface area contributed by atoms with Gasteiger partial charge in [-0.1, -0.05) is 38.3 Å². The van der Waals surface area contributed by atoms with E-state index in [-0.39, 0.29) is 4.90 Å². The van der Waals surface area contributed by atoms with Gasteiger partial charge >= 0.3 is 0 Å². The van der Waals surface area contributed by atoms with Gasteiger partial charge in [0.2, 0.25) is 10.0 Å². The van der Waals surface area contributed by atoms with Crippen molar-refractivity contribution in [3.8, 4) is 0 Å². The van der Waals surface area contributed by atoms with Gasteiger partial charge in [-0.15, -0.1) is 0 Å². The summed E-state index contributed by atoms with van der Waals surface area (Å²) in [6.07, 6.45) is 5.91. The maximum atomic E-state index is 12.2. The summed E-state index contributed by atoms with van der Waals surface area (Å²) in [7, 11) is -3.48. The molecule has 2 rings (SSSR count). The lowest BCUT2D eigenvalue weighted by molar-refractivity contribution is 0.270. The second kappa shape index (κ2) is 6.59. The minimum Gasteiger partial charge on any atom is -0.398 e. The molecule has 1 aromatic carbocycles. The molecule has 1 fully saturated rings. The number of hydrogen-bond donors (Lipinski definition) is 2. The van der Waals surface area contributed by atoms with Crippen LogP contribution in [0.1, 0.15) is 39.0 Å². The Kier molecular flexibility index (Phi) is 5.05. The fraction of sp³-hybridized carbons (Fsp3) is 0.600. The molecule has 0 spiro atoms. The van der Waals surface area contributed by atoms with Crippen molar-refractivity contribution < 1.29 is 8.42 Å². The van der Waals surface area contributed by atoms with E-state index in [2.05, 4.69) is 11.6 Å². The Labute approximate surface area is 121 Å². The van der Waals surface area contributed by atoms with Crippen molar-refractivity contribution in [3.05, 3.63) is 24.3 Å². The van der Waals surface area contributed by atoms with E-state index in [4.69, 9.17) is 5.73 Å². The van der Waals surface area contributed by atoms with Gasteiger partial charge in [0.1, 0.15) is 4.90 Å². The summed E-state index contributed by atoms with van der Waals surface area (Å²) in [5, 5.41) is 0. The first kappa shape index (κ1) is 15.3. The van der Waals surface area contributed by atoms with Crippen molar-refractivity contribution in [1.29, 1.82) is 0 Å². The molecule has 0 aliphatic heterocycles. The first-order valence-corrected chi connectivity index (χ1v) is 8.85. The largest absolute Gasteiger partial charge is 0.398 e. The lowest BCUT2D eigenvalue weighted by Crippen LogP contribution is -2.31. The van der Waals surface area contributed by atoms with Gasteiger partial charge in [-0.3, -0.25) is 0 Å². The highest BCUT2D eigenvalue weighted by Gasteiger charge is 2.23. The standard InChI is InChI=1S/C15H24N2O2S/c1-2-12-7-9-13(10-8-12)11-17-20(18,19)15-6-4-3-5-14(15)16/h3-6,12-13,17H,2,7-11,16H2,1H3. The van der Waals surface area contributed by atoms with Crippen molar-refractivity contribution in [2.24, 2.45) is 11.8 Å². The van der Waals surface area contributed by atoms with Crippen LogP contribution in [0, 0.1) is 11.8 Å². The third-order valence-corrected chi connectivity index (χ3v) is 5.81. The van der Waals surface area contributed by atoms with E-state index < -0.39 is 10.0 Å². The molecule has 112 valence electrons. The number of anilines is 1. The average molecular weight is 296 g/mol. The fourth-order valence-electron chi connectivity index (χ4n) is 2.87. The van der Waals surface area contributed by atoms with Crippen LogP contribution in [0.4, 0.5) is 5.69 Å². The topological polar surface area (TPSA) is 72.2 Å². The fourth-order valence-corrected chi connectivity index (χ4v) is 4.12. The minimum atomic E-state index is -3.48. The van der Waals surface area contributed by atoms with Crippen LogP contribution in [0.25, 0.3) is 0 Å². The first-order chi connectivity index (χ1) is 9.53. The van der Waals surface area contributed by atoms with Gasteiger partial charge in [-0.2, -0.15) is 0 Å². The van der Waals surface area contributed by atoms with Crippen molar-refractivity contribution in [3.63, 3.8) is 0 Å². The highest BCUT2D eigenvalue weighted by Crippen LogP contribution is 2.30. The SMILES string of the molecule is CCC1CCC(CNS(=O)(=O)c2ccccc2N)CC1. The summed E-state index contributed by atoms with van der Waals surface area (Å²) >= 11 is 0. The zero-order valence-corrected chi connectivity index (χ0v) is 12.8. The quantitative estimate of drug-likeness (QED) is 0.821. The molecule has 0 radical (unpaired) electrons. The van der Waals surface area contributed by atoms with E-state index in [9.17, 15) is 8.42 Å². The second-order valence-electron chi connectivity index (χ2n) is 5.68. The molecule has 0 bridgehead atoms. The van der Waals surface area contributed by atoms with Crippen molar-refractivity contribution in [2.45, 2.75) is 43.9 Å². The molecular weight excluding hydrogens is 272 g/mol. The normalized spacial score (nSPS) is 23.6. The van der Waals surface area contributed by atoms with Crippen molar-refractivity contribution >= 4 is 15.7 Å². The van der Waals surface area contributed by atoms with Crippen LogP contribution >= 0.6 is 0 Å². The van der Waals surface area contributed by atoms with Crippen molar-refractivity contribution in [2.75, 3.05) is 12.3 Å². The predicted octanol–water partition coefficient (Wildman–Crippen LogP) is 2.76. The maximum Gasteiger partial charge on any atom is 0.242 e. The van der Waals surface area contributed by atoms with E-state index in [1.807, 2.05) is 0 Å². The lowest BCUT2D eigenvalue weighted by atomic mass is 9.81. The molecule has 4 nitrogen and oxygen atoms in total. The van der Waals surface area contributed by atoms with Gasteiger partial charge in [-0.25, -0.2) is 13.1 Å². The van der Waals surface area contributed by atoms with Gasteiger partial charge < -0.3 is 5.73 Å². The highest BCUT2D eigenvalue weighted by atomic mass is 32.2. The summed E-state index contributed by atoms with van der Waals surface area (Å²) < 4.78 is 27.2. The van der Waals surface area contributed by atoms with Crippen molar-refractivity contribution in [1.82, 2.24) is 4.72 Å². The highest BCUT2D eigenvalue weighted by molar-refractivity contribution is 7.89. The number of nitrogen functional groups attached to an aromatic ring is 1. The van der Waals surface area contributed by atoms with Crippen LogP contribution in [0.15, 0.2) is 29.2 Å². The molecule has 0 saturated heterocycles. The summed E-state index contributed by atoms with van der Waals surface area (Å²) in [4.78, 5) is 0.183. The summed E-state index contributed by atoms with van der Waals surface area (Å²) in [5.74, 6) is 1.28. The molecular formula is C15H24N2O2S. The molecule has 0 atom stereocenters. The number of para-hydroxylation sites is 1. The number of nitrogens with one attached hydrogen (secondary N) is 1. The molecule has 0 aromatic heterocycles. The number of hydrogen-bond acceptors (Lipinski definition) is 3. The predicted molar refractivity (Wildman–Crippen MR) is 81.8 cm³/mol. The Morgan fingerprint density at radius 3 is 2.35 bits per heavy atom. The second-order valence-corrected chi connectivity index (χ2v) is 7.42. The summed E-state index contributed by atoms with van der Waals surface area (Å²) in [5.41, 5.74) is 6.03. The molecule has 0 heterocycles. The minimum absolute atomic E-state index is 0.183. The van der Waals surface area contributed by atoms with E-state index >= 15 is 0 Å². The first-order valence-electron chi connectivity index (χ1n) is 7.37. The van der Waals surface area contributed by atoms with Crippen LogP contribution in [0.2, 0.25) is 0 Å². The third-order valence-electron chi connectivity index (χ3n) is 4.31. The van der Waals surface area contributed by atoms with Gasteiger partial charge in [0.05, 0.1) is 5.69 Å². The summed E-state index contributed by atoms with van der Waals surface area (Å²) in [6.45, 7) is 2.75. The van der Waals surface area contributed by atoms with E-state index in [0.29, 0.717) is 18.2 Å². The molecule has 1 saturated carbocycles. The Bertz CT molecular complexity index is 535. The monoisotopic (exact) mass is 296 g/mol. The Balaban J connectivity index is 1.92. The third kappa shape index (κ3) is 3.73. The molecule has 0 unspecified atom stereocenters. The zero-order chi connectivity index (χ0) is 14.6. The molecule has 1 aliphatic rings. The number of rotatable bonds is 5. The maximum absolute atomic E-state index is 12.2. The van der Waals surface area contributed by atoms with Crippen LogP contribution in [-0.4, -0.2) is 15.0 Å². The van der Waals surface area contributed by atoms with Gasteiger partial charge in [0.25, 0.3) is 0 Å². The Morgan fingerprint density at radius 1 is 1.15 bits per heavy atom. The van der Waals surface area contributed by atoms with E-state index in [1.165, 1.54) is 19.3 Å². The van der Waals surface area contributed by atoms with Crippen LogP contribution in [0.3, 0.4) is 0 Å². The Hall–Kier alpha value is -1.07. The molecule has 1 aliphatic carbocycles.